The molecule has 2 aromatic carbocycles. The molecule has 0 atom stereocenters. The second-order valence-corrected chi connectivity index (χ2v) is 12.5. The number of hydrogen-bond acceptors (Lipinski definition) is 8. The summed E-state index contributed by atoms with van der Waals surface area (Å²) < 4.78 is 39.0. The van der Waals surface area contributed by atoms with E-state index in [4.69, 9.17) is 9.47 Å². The van der Waals surface area contributed by atoms with Crippen LogP contribution in [0, 0.1) is 6.92 Å². The molecule has 0 radical (unpaired) electrons. The van der Waals surface area contributed by atoms with Gasteiger partial charge in [0.05, 0.1) is 23.5 Å². The second-order valence-electron chi connectivity index (χ2n) is 10.5. The summed E-state index contributed by atoms with van der Waals surface area (Å²) in [7, 11) is -2.96. The number of carbonyl (C=O) groups is 2. The van der Waals surface area contributed by atoms with Gasteiger partial charge in [-0.3, -0.25) is 15.0 Å². The van der Waals surface area contributed by atoms with E-state index in [0.717, 1.165) is 26.5 Å². The molecule has 1 aliphatic rings. The van der Waals surface area contributed by atoms with Gasteiger partial charge in [-0.05, 0) is 64.1 Å². The minimum absolute atomic E-state index is 0.0802. The van der Waals surface area contributed by atoms with Gasteiger partial charge < -0.3 is 14.4 Å². The van der Waals surface area contributed by atoms with E-state index in [2.05, 4.69) is 4.98 Å². The van der Waals surface area contributed by atoms with Crippen LogP contribution in [0.4, 0.5) is 4.79 Å². The van der Waals surface area contributed by atoms with Crippen LogP contribution in [0.2, 0.25) is 0 Å². The fourth-order valence-corrected chi connectivity index (χ4v) is 5.86. The van der Waals surface area contributed by atoms with E-state index in [1.807, 2.05) is 37.3 Å². The van der Waals surface area contributed by atoms with Gasteiger partial charge in [-0.2, -0.15) is 4.31 Å². The number of pyridine rings is 1. The number of aromatic nitrogens is 1. The first-order chi connectivity index (χ1) is 18.3. The zero-order valence-electron chi connectivity index (χ0n) is 22.5. The van der Waals surface area contributed by atoms with Crippen molar-refractivity contribution < 1.29 is 32.7 Å². The first kappa shape index (κ1) is 28.3. The van der Waals surface area contributed by atoms with Crippen LogP contribution in [-0.2, 0) is 26.2 Å². The largest absolute Gasteiger partial charge is 0.489 e. The molecule has 2 N–H and O–H groups in total. The van der Waals surface area contributed by atoms with Crippen molar-refractivity contribution in [3.05, 3.63) is 65.9 Å². The number of nitrogens with zero attached hydrogens (tertiary/aromatic N) is 3. The highest BCUT2D eigenvalue weighted by Gasteiger charge is 2.58. The molecule has 0 saturated carbocycles. The fraction of sp³-hybridized carbons (Fsp3) is 0.370. The normalized spacial score (nSPS) is 15.1. The molecule has 1 aromatic heterocycles. The smallest absolute Gasteiger partial charge is 0.410 e. The molecular weight excluding hydrogens is 524 g/mol. The minimum Gasteiger partial charge on any atom is -0.489 e. The Morgan fingerprint density at radius 1 is 1.13 bits per heavy atom. The van der Waals surface area contributed by atoms with Crippen molar-refractivity contribution in [1.29, 1.82) is 0 Å². The van der Waals surface area contributed by atoms with Gasteiger partial charge in [0.2, 0.25) is 10.0 Å². The maximum absolute atomic E-state index is 13.5. The molecule has 0 spiro atoms. The van der Waals surface area contributed by atoms with E-state index in [1.165, 1.54) is 41.7 Å². The van der Waals surface area contributed by atoms with Gasteiger partial charge in [-0.15, -0.1) is 0 Å². The van der Waals surface area contributed by atoms with Gasteiger partial charge >= 0.3 is 6.09 Å². The number of likely N-dealkylation sites (N-methyl/N-ethyl adjacent to an activating group) is 1. The van der Waals surface area contributed by atoms with Crippen molar-refractivity contribution in [3.63, 3.8) is 0 Å². The van der Waals surface area contributed by atoms with Crippen molar-refractivity contribution in [2.75, 3.05) is 20.1 Å². The predicted molar refractivity (Wildman–Crippen MR) is 143 cm³/mol. The highest BCUT2D eigenvalue weighted by Crippen LogP contribution is 2.33. The first-order valence-corrected chi connectivity index (χ1v) is 13.7. The molecule has 39 heavy (non-hydrogen) atoms. The minimum atomic E-state index is -4.20. The Morgan fingerprint density at radius 2 is 1.77 bits per heavy atom. The molecule has 1 fully saturated rings. The molecule has 12 heteroatoms. The van der Waals surface area contributed by atoms with Crippen LogP contribution >= 0.6 is 0 Å². The van der Waals surface area contributed by atoms with Gasteiger partial charge in [-0.1, -0.05) is 18.2 Å². The monoisotopic (exact) mass is 556 g/mol. The second kappa shape index (κ2) is 10.4. The number of fused-ring (bicyclic) bond motifs is 1. The van der Waals surface area contributed by atoms with Crippen LogP contribution in [-0.4, -0.2) is 71.1 Å². The van der Waals surface area contributed by atoms with Crippen molar-refractivity contribution in [3.8, 4) is 5.75 Å². The number of ether oxygens (including phenoxy) is 2. The highest BCUT2D eigenvalue weighted by atomic mass is 32.2. The Bertz CT molecular complexity index is 1490. The molecular formula is C27H32N4O7S. The molecule has 2 amide bonds. The number of amides is 2. The summed E-state index contributed by atoms with van der Waals surface area (Å²) in [4.78, 5) is 30.7. The molecule has 4 rings (SSSR count). The Morgan fingerprint density at radius 3 is 2.38 bits per heavy atom. The van der Waals surface area contributed by atoms with E-state index in [9.17, 15) is 23.2 Å². The summed E-state index contributed by atoms with van der Waals surface area (Å²) in [6, 6.07) is 15.5. The Hall–Kier alpha value is -3.74. The standard InChI is InChI=1S/C27H32N4O7S/c1-18-14-19(22-8-6-7-9-23(22)28-18)15-37-20-10-12-21(13-11-20)39(35,36)30(5)27(24(32)29-34)16-31(17-27)25(33)38-26(2,3)4/h6-14,34H,15-17H2,1-5H3,(H,29,32). The van der Waals surface area contributed by atoms with E-state index in [0.29, 0.717) is 5.75 Å². The fourth-order valence-electron chi connectivity index (χ4n) is 4.40. The maximum Gasteiger partial charge on any atom is 0.410 e. The number of aryl methyl sites for hydroxylation is 1. The average molecular weight is 557 g/mol. The van der Waals surface area contributed by atoms with Crippen LogP contribution in [0.3, 0.4) is 0 Å². The first-order valence-electron chi connectivity index (χ1n) is 12.3. The number of hydrogen-bond donors (Lipinski definition) is 2. The lowest BCUT2D eigenvalue weighted by molar-refractivity contribution is -0.147. The third-order valence-corrected chi connectivity index (χ3v) is 8.43. The van der Waals surface area contributed by atoms with Crippen molar-refractivity contribution in [1.82, 2.24) is 19.7 Å². The number of hydroxylamine groups is 1. The summed E-state index contributed by atoms with van der Waals surface area (Å²) in [5, 5.41) is 10.3. The summed E-state index contributed by atoms with van der Waals surface area (Å²) in [5.41, 5.74) is 1.73. The zero-order valence-corrected chi connectivity index (χ0v) is 23.3. The van der Waals surface area contributed by atoms with Crippen LogP contribution < -0.4 is 10.2 Å². The molecule has 3 aromatic rings. The van der Waals surface area contributed by atoms with Crippen LogP contribution in [0.5, 0.6) is 5.75 Å². The van der Waals surface area contributed by atoms with Crippen LogP contribution in [0.25, 0.3) is 10.9 Å². The van der Waals surface area contributed by atoms with Crippen LogP contribution in [0.1, 0.15) is 32.0 Å². The molecule has 0 unspecified atom stereocenters. The molecule has 1 aliphatic heterocycles. The molecule has 2 heterocycles. The number of nitrogens with one attached hydrogen (secondary N) is 1. The third kappa shape index (κ3) is 5.68. The van der Waals surface area contributed by atoms with Crippen LogP contribution in [0.15, 0.2) is 59.5 Å². The lowest BCUT2D eigenvalue weighted by Crippen LogP contribution is -2.76. The third-order valence-electron chi connectivity index (χ3n) is 6.49. The summed E-state index contributed by atoms with van der Waals surface area (Å²) >= 11 is 0. The Labute approximate surface area is 227 Å². The summed E-state index contributed by atoms with van der Waals surface area (Å²) in [6.45, 7) is 6.68. The quantitative estimate of drug-likeness (QED) is 0.334. The van der Waals surface area contributed by atoms with E-state index in [1.54, 1.807) is 20.8 Å². The van der Waals surface area contributed by atoms with Crippen molar-refractivity contribution >= 4 is 32.9 Å². The topological polar surface area (TPSA) is 138 Å². The molecule has 208 valence electrons. The van der Waals surface area contributed by atoms with Gasteiger partial charge in [0.1, 0.15) is 18.0 Å². The molecule has 0 aliphatic carbocycles. The van der Waals surface area contributed by atoms with E-state index < -0.39 is 33.2 Å². The maximum atomic E-state index is 13.5. The number of rotatable bonds is 7. The van der Waals surface area contributed by atoms with Gasteiger partial charge in [-0.25, -0.2) is 18.7 Å². The lowest BCUT2D eigenvalue weighted by Gasteiger charge is -2.51. The van der Waals surface area contributed by atoms with E-state index >= 15 is 0 Å². The Balaban J connectivity index is 1.49. The summed E-state index contributed by atoms with van der Waals surface area (Å²) in [5.74, 6) is -0.495. The number of benzene rings is 2. The van der Waals surface area contributed by atoms with Gasteiger partial charge in [0.15, 0.2) is 5.54 Å². The van der Waals surface area contributed by atoms with Gasteiger partial charge in [0, 0.05) is 23.7 Å². The average Bonchev–Trinajstić information content (AvgIpc) is 2.85. The molecule has 11 nitrogen and oxygen atoms in total. The zero-order chi connectivity index (χ0) is 28.6. The number of likely N-dealkylation sites (tertiary alicyclic amines) is 1. The van der Waals surface area contributed by atoms with Crippen molar-refractivity contribution in [2.45, 2.75) is 50.3 Å². The lowest BCUT2D eigenvalue weighted by atomic mass is 9.89. The predicted octanol–water partition coefficient (Wildman–Crippen LogP) is 3.24. The number of para-hydroxylation sites is 1. The summed E-state index contributed by atoms with van der Waals surface area (Å²) in [6.07, 6.45) is -0.687. The van der Waals surface area contributed by atoms with Crippen molar-refractivity contribution in [2.24, 2.45) is 0 Å². The molecule has 1 saturated heterocycles. The van der Waals surface area contributed by atoms with Gasteiger partial charge in [0.25, 0.3) is 5.91 Å². The number of carbonyl (C=O) groups excluding carboxylic acids is 2. The molecule has 0 bridgehead atoms. The number of sulfonamides is 1. The Kier molecular flexibility index (Phi) is 7.57. The SMILES string of the molecule is Cc1cc(COc2ccc(S(=O)(=O)N(C)C3(C(=O)NO)CN(C(=O)OC(C)(C)C)C3)cc2)c2ccccc2n1. The highest BCUT2D eigenvalue weighted by molar-refractivity contribution is 7.89. The van der Waals surface area contributed by atoms with E-state index in [-0.39, 0.29) is 24.6 Å².